The van der Waals surface area contributed by atoms with Gasteiger partial charge in [0.25, 0.3) is 0 Å². The van der Waals surface area contributed by atoms with Crippen LogP contribution in [-0.2, 0) is 4.79 Å². The number of methoxy groups -OCH3 is 1. The lowest BCUT2D eigenvalue weighted by atomic mass is 9.95. The van der Waals surface area contributed by atoms with Crippen LogP contribution in [-0.4, -0.2) is 42.2 Å². The van der Waals surface area contributed by atoms with Gasteiger partial charge in [0.15, 0.2) is 0 Å². The van der Waals surface area contributed by atoms with E-state index in [1.807, 2.05) is 57.2 Å². The molecule has 3 aromatic rings. The van der Waals surface area contributed by atoms with Gasteiger partial charge in [-0.1, -0.05) is 0 Å². The summed E-state index contributed by atoms with van der Waals surface area (Å²) >= 11 is 0. The highest BCUT2D eigenvalue weighted by Gasteiger charge is 2.27. The molecule has 168 valence electrons. The number of hydrogen-bond acceptors (Lipinski definition) is 6. The molecule has 2 aromatic carbocycles. The summed E-state index contributed by atoms with van der Waals surface area (Å²) in [5.41, 5.74) is 2.74. The predicted octanol–water partition coefficient (Wildman–Crippen LogP) is 4.59. The maximum Gasteiger partial charge on any atom is 0.227 e. The Morgan fingerprint density at radius 2 is 1.84 bits per heavy atom. The SMILES string of the molecule is COc1cc2c(N3CCC(C(=O)Nc4ccc(OC(C)C)cc4)CC3)ncnc2cc1C. The van der Waals surface area contributed by atoms with Crippen molar-refractivity contribution in [3.8, 4) is 11.5 Å². The zero-order chi connectivity index (χ0) is 22.7. The molecule has 0 bridgehead atoms. The fraction of sp³-hybridized carbons (Fsp3) is 0.400. The number of nitrogens with one attached hydrogen (secondary N) is 1. The summed E-state index contributed by atoms with van der Waals surface area (Å²) in [5.74, 6) is 2.56. The number of piperidine rings is 1. The molecule has 7 nitrogen and oxygen atoms in total. The van der Waals surface area contributed by atoms with Crippen molar-refractivity contribution in [1.29, 1.82) is 0 Å². The van der Waals surface area contributed by atoms with Gasteiger partial charge in [-0.3, -0.25) is 4.79 Å². The van der Waals surface area contributed by atoms with Crippen LogP contribution in [0, 0.1) is 12.8 Å². The fourth-order valence-electron chi connectivity index (χ4n) is 4.13. The maximum absolute atomic E-state index is 12.8. The number of nitrogens with zero attached hydrogens (tertiary/aromatic N) is 3. The van der Waals surface area contributed by atoms with Crippen LogP contribution >= 0.6 is 0 Å². The van der Waals surface area contributed by atoms with Crippen LogP contribution in [0.4, 0.5) is 11.5 Å². The van der Waals surface area contributed by atoms with Gasteiger partial charge >= 0.3 is 0 Å². The average Bonchev–Trinajstić information content (AvgIpc) is 2.79. The van der Waals surface area contributed by atoms with Gasteiger partial charge in [0.05, 0.1) is 18.7 Å². The summed E-state index contributed by atoms with van der Waals surface area (Å²) < 4.78 is 11.2. The first-order valence-electron chi connectivity index (χ1n) is 11.1. The molecule has 32 heavy (non-hydrogen) atoms. The molecule has 1 aromatic heterocycles. The second-order valence-corrected chi connectivity index (χ2v) is 8.48. The van der Waals surface area contributed by atoms with Crippen LogP contribution in [0.25, 0.3) is 10.9 Å². The number of carbonyl (C=O) groups is 1. The molecule has 1 aliphatic rings. The molecule has 2 heterocycles. The lowest BCUT2D eigenvalue weighted by Gasteiger charge is -2.32. The number of benzene rings is 2. The summed E-state index contributed by atoms with van der Waals surface area (Å²) in [5, 5.41) is 4.02. The number of amides is 1. The van der Waals surface area contributed by atoms with Crippen molar-refractivity contribution in [2.45, 2.75) is 39.7 Å². The molecule has 1 saturated heterocycles. The van der Waals surface area contributed by atoms with Crippen molar-refractivity contribution in [1.82, 2.24) is 9.97 Å². The minimum Gasteiger partial charge on any atom is -0.496 e. The van der Waals surface area contributed by atoms with Crippen molar-refractivity contribution in [3.63, 3.8) is 0 Å². The second kappa shape index (κ2) is 9.42. The third kappa shape index (κ3) is 4.77. The van der Waals surface area contributed by atoms with Gasteiger partial charge in [-0.15, -0.1) is 0 Å². The number of rotatable bonds is 6. The van der Waals surface area contributed by atoms with E-state index < -0.39 is 0 Å². The van der Waals surface area contributed by atoms with Gasteiger partial charge in [-0.25, -0.2) is 9.97 Å². The molecule has 4 rings (SSSR count). The van der Waals surface area contributed by atoms with Gasteiger partial charge in [0, 0.05) is 30.1 Å². The lowest BCUT2D eigenvalue weighted by Crippen LogP contribution is -2.38. The van der Waals surface area contributed by atoms with E-state index >= 15 is 0 Å². The highest BCUT2D eigenvalue weighted by molar-refractivity contribution is 5.93. The number of carbonyl (C=O) groups excluding carboxylic acids is 1. The Labute approximate surface area is 188 Å². The minimum atomic E-state index is -0.0253. The number of anilines is 2. The zero-order valence-corrected chi connectivity index (χ0v) is 19.1. The molecular formula is C25H30N4O3. The Bertz CT molecular complexity index is 1090. The van der Waals surface area contributed by atoms with E-state index in [1.54, 1.807) is 13.4 Å². The first-order chi connectivity index (χ1) is 15.4. The van der Waals surface area contributed by atoms with Crippen LogP contribution in [0.3, 0.4) is 0 Å². The maximum atomic E-state index is 12.8. The Hall–Kier alpha value is -3.35. The molecule has 0 atom stereocenters. The molecule has 0 radical (unpaired) electrons. The molecule has 0 aliphatic carbocycles. The smallest absolute Gasteiger partial charge is 0.227 e. The van der Waals surface area contributed by atoms with E-state index in [1.165, 1.54) is 0 Å². The third-order valence-corrected chi connectivity index (χ3v) is 5.79. The first-order valence-corrected chi connectivity index (χ1v) is 11.1. The van der Waals surface area contributed by atoms with Crippen molar-refractivity contribution in [3.05, 3.63) is 48.3 Å². The van der Waals surface area contributed by atoms with Gasteiger partial charge in [0.1, 0.15) is 23.6 Å². The van der Waals surface area contributed by atoms with E-state index in [2.05, 4.69) is 20.2 Å². The molecule has 0 unspecified atom stereocenters. The molecule has 1 aliphatic heterocycles. The normalized spacial score (nSPS) is 14.6. The molecule has 7 heteroatoms. The van der Waals surface area contributed by atoms with Crippen molar-refractivity contribution in [2.24, 2.45) is 5.92 Å². The molecular weight excluding hydrogens is 404 g/mol. The van der Waals surface area contributed by atoms with Crippen LogP contribution in [0.15, 0.2) is 42.7 Å². The van der Waals surface area contributed by atoms with E-state index in [0.717, 1.165) is 65.4 Å². The largest absolute Gasteiger partial charge is 0.496 e. The Kier molecular flexibility index (Phi) is 6.44. The summed E-state index contributed by atoms with van der Waals surface area (Å²) in [6, 6.07) is 11.6. The van der Waals surface area contributed by atoms with Crippen molar-refractivity contribution >= 4 is 28.3 Å². The average molecular weight is 435 g/mol. The van der Waals surface area contributed by atoms with Crippen molar-refractivity contribution < 1.29 is 14.3 Å². The highest BCUT2D eigenvalue weighted by Crippen LogP contribution is 2.32. The quantitative estimate of drug-likeness (QED) is 0.612. The summed E-state index contributed by atoms with van der Waals surface area (Å²) in [7, 11) is 1.67. The highest BCUT2D eigenvalue weighted by atomic mass is 16.5. The third-order valence-electron chi connectivity index (χ3n) is 5.79. The summed E-state index contributed by atoms with van der Waals surface area (Å²) in [4.78, 5) is 24.0. The van der Waals surface area contributed by atoms with Crippen LogP contribution < -0.4 is 19.7 Å². The van der Waals surface area contributed by atoms with E-state index in [0.29, 0.717) is 0 Å². The first kappa shape index (κ1) is 21.9. The number of fused-ring (bicyclic) bond motifs is 1. The Morgan fingerprint density at radius 3 is 2.50 bits per heavy atom. The van der Waals surface area contributed by atoms with E-state index in [-0.39, 0.29) is 17.9 Å². The topological polar surface area (TPSA) is 76.6 Å². The van der Waals surface area contributed by atoms with Gasteiger partial charge in [0.2, 0.25) is 5.91 Å². The van der Waals surface area contributed by atoms with E-state index in [9.17, 15) is 4.79 Å². The lowest BCUT2D eigenvalue weighted by molar-refractivity contribution is -0.120. The predicted molar refractivity (Wildman–Crippen MR) is 127 cm³/mol. The van der Waals surface area contributed by atoms with E-state index in [4.69, 9.17) is 9.47 Å². The number of hydrogen-bond donors (Lipinski definition) is 1. The standard InChI is InChI=1S/C25H30N4O3/c1-16(2)32-20-7-5-19(6-8-20)28-25(30)18-9-11-29(12-10-18)24-21-14-23(31-4)17(3)13-22(21)26-15-27-24/h5-8,13-16,18H,9-12H2,1-4H3,(H,28,30). The summed E-state index contributed by atoms with van der Waals surface area (Å²) in [6.45, 7) is 7.52. The fourth-order valence-corrected chi connectivity index (χ4v) is 4.13. The number of aryl methyl sites for hydroxylation is 1. The number of aromatic nitrogens is 2. The van der Waals surface area contributed by atoms with Gasteiger partial charge < -0.3 is 19.7 Å². The second-order valence-electron chi connectivity index (χ2n) is 8.48. The Morgan fingerprint density at radius 1 is 1.12 bits per heavy atom. The van der Waals surface area contributed by atoms with Gasteiger partial charge in [-0.05, 0) is 75.6 Å². The Balaban J connectivity index is 1.40. The summed E-state index contributed by atoms with van der Waals surface area (Å²) in [6.07, 6.45) is 3.27. The molecule has 0 saturated carbocycles. The molecule has 1 N–H and O–H groups in total. The minimum absolute atomic E-state index is 0.0253. The van der Waals surface area contributed by atoms with Crippen LogP contribution in [0.1, 0.15) is 32.3 Å². The molecule has 1 amide bonds. The van der Waals surface area contributed by atoms with Gasteiger partial charge in [-0.2, -0.15) is 0 Å². The van der Waals surface area contributed by atoms with Crippen molar-refractivity contribution in [2.75, 3.05) is 30.4 Å². The molecule has 0 spiro atoms. The zero-order valence-electron chi connectivity index (χ0n) is 19.1. The van der Waals surface area contributed by atoms with Crippen LogP contribution in [0.2, 0.25) is 0 Å². The number of ether oxygens (including phenoxy) is 2. The molecule has 1 fully saturated rings. The monoisotopic (exact) mass is 434 g/mol. The van der Waals surface area contributed by atoms with Crippen LogP contribution in [0.5, 0.6) is 11.5 Å².